The molecule has 1 aliphatic rings. The van der Waals surface area contributed by atoms with Crippen LogP contribution in [-0.2, 0) is 16.6 Å². The highest BCUT2D eigenvalue weighted by Crippen LogP contribution is 2.27. The highest BCUT2D eigenvalue weighted by atomic mass is 35.5. The van der Waals surface area contributed by atoms with Crippen LogP contribution in [0.4, 0.5) is 0 Å². The van der Waals surface area contributed by atoms with Crippen molar-refractivity contribution >= 4 is 27.5 Å². The first-order valence-electron chi connectivity index (χ1n) is 9.79. The van der Waals surface area contributed by atoms with E-state index in [2.05, 4.69) is 6.92 Å². The Labute approximate surface area is 178 Å². The van der Waals surface area contributed by atoms with Gasteiger partial charge in [-0.25, -0.2) is 8.42 Å². The predicted molar refractivity (Wildman–Crippen MR) is 116 cm³/mol. The summed E-state index contributed by atoms with van der Waals surface area (Å²) in [6, 6.07) is 12.3. The topological polar surface area (TPSA) is 57.7 Å². The molecule has 0 bridgehead atoms. The molecule has 5 nitrogen and oxygen atoms in total. The number of sulfonamides is 1. The Bertz CT molecular complexity index is 982. The van der Waals surface area contributed by atoms with Gasteiger partial charge in [-0.05, 0) is 49.4 Å². The molecule has 3 rings (SSSR count). The van der Waals surface area contributed by atoms with E-state index in [1.807, 2.05) is 31.2 Å². The zero-order chi connectivity index (χ0) is 21.2. The van der Waals surface area contributed by atoms with E-state index >= 15 is 0 Å². The molecule has 0 aliphatic carbocycles. The minimum absolute atomic E-state index is 0.114. The number of halogens is 1. The Morgan fingerprint density at radius 1 is 1.14 bits per heavy atom. The van der Waals surface area contributed by atoms with E-state index in [9.17, 15) is 13.2 Å². The highest BCUT2D eigenvalue weighted by Gasteiger charge is 2.29. The molecule has 1 aliphatic heterocycles. The summed E-state index contributed by atoms with van der Waals surface area (Å²) in [5.74, 6) is 0.221. The molecule has 0 radical (unpaired) electrons. The van der Waals surface area contributed by atoms with Crippen molar-refractivity contribution in [3.05, 3.63) is 64.2 Å². The number of piperidine rings is 1. The maximum Gasteiger partial charge on any atom is 0.255 e. The van der Waals surface area contributed by atoms with E-state index in [0.717, 1.165) is 24.0 Å². The van der Waals surface area contributed by atoms with Crippen molar-refractivity contribution in [3.8, 4) is 0 Å². The van der Waals surface area contributed by atoms with Crippen molar-refractivity contribution in [2.75, 3.05) is 20.1 Å². The summed E-state index contributed by atoms with van der Waals surface area (Å²) in [5.41, 5.74) is 2.34. The summed E-state index contributed by atoms with van der Waals surface area (Å²) in [5, 5.41) is 0.247. The van der Waals surface area contributed by atoms with Crippen molar-refractivity contribution in [1.29, 1.82) is 0 Å². The van der Waals surface area contributed by atoms with E-state index in [1.54, 1.807) is 11.9 Å². The number of rotatable bonds is 5. The zero-order valence-corrected chi connectivity index (χ0v) is 18.6. The van der Waals surface area contributed by atoms with E-state index in [4.69, 9.17) is 11.6 Å². The summed E-state index contributed by atoms with van der Waals surface area (Å²) < 4.78 is 27.6. The monoisotopic (exact) mass is 434 g/mol. The fourth-order valence-corrected chi connectivity index (χ4v) is 5.14. The van der Waals surface area contributed by atoms with Gasteiger partial charge in [0, 0.05) is 26.7 Å². The van der Waals surface area contributed by atoms with Crippen LogP contribution in [-0.4, -0.2) is 43.7 Å². The van der Waals surface area contributed by atoms with E-state index < -0.39 is 10.0 Å². The number of hydrogen-bond donors (Lipinski definition) is 0. The van der Waals surface area contributed by atoms with Gasteiger partial charge >= 0.3 is 0 Å². The molecular formula is C22H27ClN2O3S. The molecule has 0 spiro atoms. The van der Waals surface area contributed by atoms with Crippen LogP contribution >= 0.6 is 11.6 Å². The van der Waals surface area contributed by atoms with Crippen LogP contribution in [0.3, 0.4) is 0 Å². The largest absolute Gasteiger partial charge is 0.337 e. The highest BCUT2D eigenvalue weighted by molar-refractivity contribution is 7.89. The number of aryl methyl sites for hydroxylation is 1. The number of nitrogens with zero attached hydrogens (tertiary/aromatic N) is 2. The molecule has 29 heavy (non-hydrogen) atoms. The fraction of sp³-hybridized carbons (Fsp3) is 0.409. The standard InChI is InChI=1S/C22H27ClN2O3S/c1-16-4-6-18(7-5-16)15-24(3)22(26)20-14-19(8-9-21(20)23)29(27,28)25-12-10-17(2)11-13-25/h4-9,14,17H,10-13,15H2,1-3H3. The summed E-state index contributed by atoms with van der Waals surface area (Å²) in [7, 11) is -1.96. The average Bonchev–Trinajstić information content (AvgIpc) is 2.69. The average molecular weight is 435 g/mol. The van der Waals surface area contributed by atoms with Gasteiger partial charge in [0.25, 0.3) is 5.91 Å². The normalized spacial score (nSPS) is 16.0. The third-order valence-corrected chi connectivity index (χ3v) is 7.66. The Balaban J connectivity index is 1.82. The number of carbonyl (C=O) groups excluding carboxylic acids is 1. The molecule has 1 saturated heterocycles. The molecule has 7 heteroatoms. The van der Waals surface area contributed by atoms with Gasteiger partial charge in [-0.15, -0.1) is 0 Å². The number of hydrogen-bond acceptors (Lipinski definition) is 3. The van der Waals surface area contributed by atoms with Crippen LogP contribution < -0.4 is 0 Å². The molecule has 156 valence electrons. The molecule has 1 fully saturated rings. The Hall–Kier alpha value is -1.89. The molecule has 0 N–H and O–H groups in total. The second kappa shape index (κ2) is 8.86. The van der Waals surface area contributed by atoms with Gasteiger partial charge in [-0.3, -0.25) is 4.79 Å². The number of benzene rings is 2. The molecule has 0 atom stereocenters. The molecule has 0 saturated carbocycles. The van der Waals surface area contributed by atoms with Crippen molar-refractivity contribution < 1.29 is 13.2 Å². The second-order valence-electron chi connectivity index (χ2n) is 7.88. The van der Waals surface area contributed by atoms with Crippen molar-refractivity contribution in [2.45, 2.75) is 38.1 Å². The third kappa shape index (κ3) is 5.00. The lowest BCUT2D eigenvalue weighted by molar-refractivity contribution is 0.0785. The SMILES string of the molecule is Cc1ccc(CN(C)C(=O)c2cc(S(=O)(=O)N3CCC(C)CC3)ccc2Cl)cc1. The summed E-state index contributed by atoms with van der Waals surface area (Å²) in [6.45, 7) is 5.56. The summed E-state index contributed by atoms with van der Waals surface area (Å²) >= 11 is 6.26. The predicted octanol–water partition coefficient (Wildman–Crippen LogP) is 4.34. The lowest BCUT2D eigenvalue weighted by Gasteiger charge is -2.29. The minimum Gasteiger partial charge on any atom is -0.337 e. The van der Waals surface area contributed by atoms with Crippen molar-refractivity contribution in [1.82, 2.24) is 9.21 Å². The van der Waals surface area contributed by atoms with Crippen molar-refractivity contribution in [2.24, 2.45) is 5.92 Å². The molecule has 0 aromatic heterocycles. The molecule has 2 aromatic carbocycles. The van der Waals surface area contributed by atoms with E-state index in [1.165, 1.54) is 22.5 Å². The molecule has 1 heterocycles. The Morgan fingerprint density at radius 3 is 2.38 bits per heavy atom. The van der Waals surface area contributed by atoms with Crippen LogP contribution in [0.1, 0.15) is 41.3 Å². The van der Waals surface area contributed by atoms with Gasteiger partial charge < -0.3 is 4.90 Å². The van der Waals surface area contributed by atoms with Gasteiger partial charge in [0.15, 0.2) is 0 Å². The van der Waals surface area contributed by atoms with Crippen molar-refractivity contribution in [3.63, 3.8) is 0 Å². The van der Waals surface area contributed by atoms with Crippen LogP contribution in [0, 0.1) is 12.8 Å². The quantitative estimate of drug-likeness (QED) is 0.703. The van der Waals surface area contributed by atoms with Gasteiger partial charge in [0.1, 0.15) is 0 Å². The van der Waals surface area contributed by atoms with Gasteiger partial charge in [-0.1, -0.05) is 48.4 Å². The maximum absolute atomic E-state index is 13.0. The number of carbonyl (C=O) groups is 1. The van der Waals surface area contributed by atoms with Gasteiger partial charge in [-0.2, -0.15) is 4.31 Å². The summed E-state index contributed by atoms with van der Waals surface area (Å²) in [6.07, 6.45) is 1.69. The fourth-order valence-electron chi connectivity index (χ4n) is 3.45. The van der Waals surface area contributed by atoms with E-state index in [0.29, 0.717) is 25.6 Å². The minimum atomic E-state index is -3.64. The van der Waals surface area contributed by atoms with Gasteiger partial charge in [0.2, 0.25) is 10.0 Å². The van der Waals surface area contributed by atoms with Crippen LogP contribution in [0.2, 0.25) is 5.02 Å². The first-order valence-corrected chi connectivity index (χ1v) is 11.6. The van der Waals surface area contributed by atoms with Crippen LogP contribution in [0.15, 0.2) is 47.4 Å². The number of amides is 1. The first kappa shape index (κ1) is 21.8. The molecule has 1 amide bonds. The Morgan fingerprint density at radius 2 is 1.76 bits per heavy atom. The van der Waals surface area contributed by atoms with E-state index in [-0.39, 0.29) is 21.4 Å². The lowest BCUT2D eigenvalue weighted by Crippen LogP contribution is -2.38. The van der Waals surface area contributed by atoms with Gasteiger partial charge in [0.05, 0.1) is 15.5 Å². The lowest BCUT2D eigenvalue weighted by atomic mass is 10.0. The molecule has 2 aromatic rings. The first-order chi connectivity index (χ1) is 13.7. The third-order valence-electron chi connectivity index (χ3n) is 5.44. The van der Waals surface area contributed by atoms with Crippen LogP contribution in [0.5, 0.6) is 0 Å². The maximum atomic E-state index is 13.0. The Kier molecular flexibility index (Phi) is 6.66. The smallest absolute Gasteiger partial charge is 0.255 e. The molecular weight excluding hydrogens is 408 g/mol. The summed E-state index contributed by atoms with van der Waals surface area (Å²) in [4.78, 5) is 14.6. The second-order valence-corrected chi connectivity index (χ2v) is 10.2. The zero-order valence-electron chi connectivity index (χ0n) is 17.1. The molecule has 0 unspecified atom stereocenters. The van der Waals surface area contributed by atoms with Crippen LogP contribution in [0.25, 0.3) is 0 Å².